The Morgan fingerprint density at radius 3 is 2.00 bits per heavy atom. The Morgan fingerprint density at radius 2 is 1.64 bits per heavy atom. The van der Waals surface area contributed by atoms with E-state index in [0.29, 0.717) is 0 Å². The first-order valence-corrected chi connectivity index (χ1v) is 5.80. The molecule has 0 aliphatic carbocycles. The van der Waals surface area contributed by atoms with E-state index in [-0.39, 0.29) is 15.2 Å². The van der Waals surface area contributed by atoms with Gasteiger partial charge in [-0.15, -0.1) is 11.6 Å². The van der Waals surface area contributed by atoms with Gasteiger partial charge in [-0.2, -0.15) is 0 Å². The summed E-state index contributed by atoms with van der Waals surface area (Å²) in [7, 11) is 0. The molecule has 1 rings (SSSR count). The Hall–Kier alpha value is 1.31. The lowest BCUT2D eigenvalue weighted by molar-refractivity contribution is 0.811. The highest BCUT2D eigenvalue weighted by Gasteiger charge is 2.54. The molecule has 1 nitrogen and oxygen atoms in total. The molecule has 0 radical (unpaired) electrons. The molecule has 0 fully saturated rings. The number of rotatable bonds is 0. The minimum absolute atomic E-state index is 0.0496. The van der Waals surface area contributed by atoms with Crippen LogP contribution in [0.5, 0.6) is 0 Å². The van der Waals surface area contributed by atoms with E-state index in [1.807, 2.05) is 0 Å². The number of halogens is 7. The van der Waals surface area contributed by atoms with Crippen LogP contribution in [-0.2, 0) is 0 Å². The van der Waals surface area contributed by atoms with Gasteiger partial charge in [-0.05, 0) is 0 Å². The second-order valence-corrected chi connectivity index (χ2v) is 6.43. The molecule has 0 aromatic carbocycles. The van der Waals surface area contributed by atoms with Gasteiger partial charge in [-0.25, -0.2) is 0 Å². The third kappa shape index (κ3) is 2.06. The van der Waals surface area contributed by atoms with Crippen LogP contribution in [-0.4, -0.2) is 8.67 Å². The highest BCUT2D eigenvalue weighted by Crippen LogP contribution is 2.55. The predicted molar refractivity (Wildman–Crippen MR) is 64.7 cm³/mol. The summed E-state index contributed by atoms with van der Waals surface area (Å²) in [5.41, 5.74) is 0. The molecule has 1 heterocycles. The molecule has 14 heavy (non-hydrogen) atoms. The predicted octanol–water partition coefficient (Wildman–Crippen LogP) is 4.66. The Morgan fingerprint density at radius 1 is 1.14 bits per heavy atom. The minimum Gasteiger partial charge on any atom is -0.350 e. The van der Waals surface area contributed by atoms with E-state index in [4.69, 9.17) is 81.2 Å². The van der Waals surface area contributed by atoms with Crippen molar-refractivity contribution in [2.75, 3.05) is 0 Å². The van der Waals surface area contributed by atoms with Crippen molar-refractivity contribution in [3.05, 3.63) is 21.4 Å². The molecule has 1 N–H and O–H groups in total. The van der Waals surface area contributed by atoms with E-state index in [0.717, 1.165) is 0 Å². The van der Waals surface area contributed by atoms with Gasteiger partial charge in [-0.1, -0.05) is 69.6 Å². The molecule has 0 bridgehead atoms. The molecule has 8 heteroatoms. The summed E-state index contributed by atoms with van der Waals surface area (Å²) in [5.74, 6) is 0. The lowest BCUT2D eigenvalue weighted by Crippen LogP contribution is -2.41. The van der Waals surface area contributed by atoms with Gasteiger partial charge in [0, 0.05) is 6.20 Å². The van der Waals surface area contributed by atoms with E-state index >= 15 is 0 Å². The molecule has 0 spiro atoms. The monoisotopic (exact) mass is 333 g/mol. The molecule has 1 aliphatic heterocycles. The molecule has 0 aromatic heterocycles. The molecular weight excluding hydrogens is 334 g/mol. The summed E-state index contributed by atoms with van der Waals surface area (Å²) in [6, 6.07) is 0. The van der Waals surface area contributed by atoms with Crippen LogP contribution >= 0.6 is 81.2 Å². The number of allylic oxidation sites excluding steroid dienone is 2. The van der Waals surface area contributed by atoms with Crippen molar-refractivity contribution in [1.82, 2.24) is 5.32 Å². The van der Waals surface area contributed by atoms with E-state index < -0.39 is 8.67 Å². The highest BCUT2D eigenvalue weighted by atomic mass is 35.6. The lowest BCUT2D eigenvalue weighted by atomic mass is 10.1. The molecule has 1 atom stereocenters. The maximum absolute atomic E-state index is 6.04. The fraction of sp³-hybridized carbons (Fsp3) is 0.333. The zero-order valence-electron chi connectivity index (χ0n) is 6.22. The standard InChI is InChI=1S/C6H2Cl7N/c7-2-1-14-4(9)3(8)5(2,10)6(11,12)13/h1,14H. The quantitative estimate of drug-likeness (QED) is 0.501. The SMILES string of the molecule is ClC1=CNC(Cl)=C(Cl)C1(Cl)C(Cl)(Cl)Cl. The number of nitrogens with one attached hydrogen (secondary N) is 1. The van der Waals surface area contributed by atoms with Crippen molar-refractivity contribution in [1.29, 1.82) is 0 Å². The van der Waals surface area contributed by atoms with Gasteiger partial charge in [-0.3, -0.25) is 0 Å². The van der Waals surface area contributed by atoms with Gasteiger partial charge in [0.2, 0.25) is 3.79 Å². The Bertz CT molecular complexity index is 315. The van der Waals surface area contributed by atoms with Gasteiger partial charge in [0.1, 0.15) is 5.16 Å². The number of alkyl halides is 4. The van der Waals surface area contributed by atoms with Crippen LogP contribution < -0.4 is 5.32 Å². The molecule has 80 valence electrons. The van der Waals surface area contributed by atoms with Crippen LogP contribution in [0.2, 0.25) is 0 Å². The summed E-state index contributed by atoms with van der Waals surface area (Å²) < 4.78 is -1.90. The van der Waals surface area contributed by atoms with E-state index in [1.165, 1.54) is 6.20 Å². The summed E-state index contributed by atoms with van der Waals surface area (Å²) in [5, 5.41) is 2.62. The van der Waals surface area contributed by atoms with E-state index in [2.05, 4.69) is 5.32 Å². The summed E-state index contributed by atoms with van der Waals surface area (Å²) in [6.07, 6.45) is 1.31. The number of hydrogen-bond acceptors (Lipinski definition) is 1. The first kappa shape index (κ1) is 13.4. The molecule has 0 saturated carbocycles. The van der Waals surface area contributed by atoms with E-state index in [1.54, 1.807) is 0 Å². The van der Waals surface area contributed by atoms with Crippen molar-refractivity contribution >= 4 is 81.2 Å². The number of dihydropyridines is 1. The van der Waals surface area contributed by atoms with Gasteiger partial charge in [0.15, 0.2) is 4.87 Å². The normalized spacial score (nSPS) is 28.6. The van der Waals surface area contributed by atoms with Crippen LogP contribution in [0.25, 0.3) is 0 Å². The van der Waals surface area contributed by atoms with Crippen molar-refractivity contribution < 1.29 is 0 Å². The van der Waals surface area contributed by atoms with Crippen molar-refractivity contribution in [2.24, 2.45) is 0 Å². The molecule has 1 aliphatic rings. The maximum Gasteiger partial charge on any atom is 0.219 e. The summed E-state index contributed by atoms with van der Waals surface area (Å²) in [6.45, 7) is 0. The fourth-order valence-electron chi connectivity index (χ4n) is 0.805. The van der Waals surface area contributed by atoms with E-state index in [9.17, 15) is 0 Å². The van der Waals surface area contributed by atoms with Crippen molar-refractivity contribution in [2.45, 2.75) is 8.67 Å². The van der Waals surface area contributed by atoms with Gasteiger partial charge in [0.05, 0.1) is 10.1 Å². The van der Waals surface area contributed by atoms with Crippen LogP contribution in [0.1, 0.15) is 0 Å². The van der Waals surface area contributed by atoms with Gasteiger partial charge >= 0.3 is 0 Å². The maximum atomic E-state index is 6.04. The third-order valence-corrected chi connectivity index (χ3v) is 4.81. The third-order valence-electron chi connectivity index (χ3n) is 1.54. The average Bonchev–Trinajstić information content (AvgIpc) is 2.06. The fourth-order valence-corrected chi connectivity index (χ4v) is 2.72. The highest BCUT2D eigenvalue weighted by molar-refractivity contribution is 6.73. The minimum atomic E-state index is -1.90. The molecule has 1 unspecified atom stereocenters. The first-order chi connectivity index (χ1) is 6.21. The van der Waals surface area contributed by atoms with Gasteiger partial charge < -0.3 is 5.32 Å². The Labute approximate surface area is 116 Å². The second-order valence-electron chi connectivity index (χ2n) is 2.42. The largest absolute Gasteiger partial charge is 0.350 e. The molecule has 0 amide bonds. The van der Waals surface area contributed by atoms with Gasteiger partial charge in [0.25, 0.3) is 0 Å². The van der Waals surface area contributed by atoms with Crippen molar-refractivity contribution in [3.63, 3.8) is 0 Å². The number of hydrogen-bond donors (Lipinski definition) is 1. The topological polar surface area (TPSA) is 12.0 Å². The zero-order chi connectivity index (χ0) is 11.1. The zero-order valence-corrected chi connectivity index (χ0v) is 11.5. The second kappa shape index (κ2) is 4.29. The summed E-state index contributed by atoms with van der Waals surface area (Å²) in [4.78, 5) is -1.65. The average molecular weight is 336 g/mol. The Kier molecular flexibility index (Phi) is 4.10. The lowest BCUT2D eigenvalue weighted by Gasteiger charge is -2.35. The summed E-state index contributed by atoms with van der Waals surface area (Å²) >= 11 is 40.4. The molecule has 0 aromatic rings. The smallest absolute Gasteiger partial charge is 0.219 e. The van der Waals surface area contributed by atoms with Crippen LogP contribution in [0.4, 0.5) is 0 Å². The molecule has 0 saturated heterocycles. The van der Waals surface area contributed by atoms with Crippen LogP contribution in [0, 0.1) is 0 Å². The Balaban J connectivity index is 3.30. The van der Waals surface area contributed by atoms with Crippen LogP contribution in [0.3, 0.4) is 0 Å². The first-order valence-electron chi connectivity index (χ1n) is 3.15. The van der Waals surface area contributed by atoms with Crippen LogP contribution in [0.15, 0.2) is 21.4 Å². The molecular formula is C6H2Cl7N. The van der Waals surface area contributed by atoms with Crippen molar-refractivity contribution in [3.8, 4) is 0 Å².